The molecule has 7 nitrogen and oxygen atoms in total. The molecular formula is C23H23BrFN3O4. The van der Waals surface area contributed by atoms with Gasteiger partial charge in [0.15, 0.2) is 12.3 Å². The van der Waals surface area contributed by atoms with Gasteiger partial charge in [-0.2, -0.15) is 5.10 Å². The highest BCUT2D eigenvalue weighted by molar-refractivity contribution is 9.10. The molecule has 0 aliphatic rings. The molecule has 9 heteroatoms. The molecule has 0 bridgehead atoms. The Morgan fingerprint density at radius 1 is 1.12 bits per heavy atom. The third kappa shape index (κ3) is 5.79. The molecule has 0 radical (unpaired) electrons. The van der Waals surface area contributed by atoms with Gasteiger partial charge in [0.1, 0.15) is 5.82 Å². The molecule has 0 aliphatic carbocycles. The number of rotatable bonds is 9. The Morgan fingerprint density at radius 2 is 1.88 bits per heavy atom. The lowest BCUT2D eigenvalue weighted by molar-refractivity contribution is -0.119. The predicted molar refractivity (Wildman–Crippen MR) is 123 cm³/mol. The number of amides is 1. The summed E-state index contributed by atoms with van der Waals surface area (Å²) in [5.41, 5.74) is -0.353. The van der Waals surface area contributed by atoms with Gasteiger partial charge in [-0.15, -0.1) is 0 Å². The van der Waals surface area contributed by atoms with Crippen LogP contribution < -0.4 is 10.9 Å². The van der Waals surface area contributed by atoms with E-state index in [-0.39, 0.29) is 16.9 Å². The number of hydrogen-bond acceptors (Lipinski definition) is 5. The molecule has 2 aromatic carbocycles. The molecule has 0 atom stereocenters. The van der Waals surface area contributed by atoms with Crippen molar-refractivity contribution < 1.29 is 18.7 Å². The lowest BCUT2D eigenvalue weighted by Gasteiger charge is -2.11. The number of unbranched alkanes of at least 4 members (excludes halogenated alkanes) is 3. The van der Waals surface area contributed by atoms with E-state index in [1.54, 1.807) is 30.3 Å². The van der Waals surface area contributed by atoms with Crippen molar-refractivity contribution in [2.45, 2.75) is 39.2 Å². The number of carbonyl (C=O) groups excluding carboxylic acids is 2. The van der Waals surface area contributed by atoms with E-state index >= 15 is 0 Å². The first-order chi connectivity index (χ1) is 15.4. The zero-order valence-electron chi connectivity index (χ0n) is 17.6. The average Bonchev–Trinajstić information content (AvgIpc) is 2.78. The van der Waals surface area contributed by atoms with Crippen LogP contribution in [-0.2, 0) is 16.1 Å². The fraction of sp³-hybridized carbons (Fsp3) is 0.304. The molecule has 0 fully saturated rings. The van der Waals surface area contributed by atoms with Crippen molar-refractivity contribution in [1.29, 1.82) is 0 Å². The van der Waals surface area contributed by atoms with E-state index in [0.717, 1.165) is 25.7 Å². The van der Waals surface area contributed by atoms with Gasteiger partial charge in [-0.05, 0) is 30.7 Å². The number of carbonyl (C=O) groups is 2. The van der Waals surface area contributed by atoms with Crippen molar-refractivity contribution in [1.82, 2.24) is 9.78 Å². The van der Waals surface area contributed by atoms with Crippen LogP contribution in [0.1, 0.15) is 43.1 Å². The van der Waals surface area contributed by atoms with Crippen molar-refractivity contribution in [2.75, 3.05) is 11.9 Å². The standard InChI is InChI=1S/C23H23BrFN3O4/c1-2-3-4-7-12-28-22(30)17-9-6-5-8-16(17)21(27-28)23(31)32-14-20(29)26-19-11-10-15(24)13-18(19)25/h5-6,8-11,13H,2-4,7,12,14H2,1H3,(H,26,29). The second-order valence-corrected chi connectivity index (χ2v) is 8.15. The van der Waals surface area contributed by atoms with E-state index in [4.69, 9.17) is 4.74 Å². The molecule has 3 rings (SSSR count). The largest absolute Gasteiger partial charge is 0.451 e. The minimum Gasteiger partial charge on any atom is -0.451 e. The van der Waals surface area contributed by atoms with E-state index < -0.39 is 24.3 Å². The molecular weight excluding hydrogens is 481 g/mol. The molecule has 32 heavy (non-hydrogen) atoms. The van der Waals surface area contributed by atoms with Crippen LogP contribution in [0.5, 0.6) is 0 Å². The number of halogens is 2. The number of fused-ring (bicyclic) bond motifs is 1. The smallest absolute Gasteiger partial charge is 0.359 e. The number of nitrogens with zero attached hydrogens (tertiary/aromatic N) is 2. The van der Waals surface area contributed by atoms with Crippen LogP contribution in [0.25, 0.3) is 10.8 Å². The Hall–Kier alpha value is -3.07. The maximum Gasteiger partial charge on any atom is 0.359 e. The van der Waals surface area contributed by atoms with E-state index in [9.17, 15) is 18.8 Å². The third-order valence-electron chi connectivity index (χ3n) is 4.82. The number of nitrogens with one attached hydrogen (secondary N) is 1. The minimum absolute atomic E-state index is 0.0292. The molecule has 1 amide bonds. The van der Waals surface area contributed by atoms with Crippen molar-refractivity contribution in [3.63, 3.8) is 0 Å². The van der Waals surface area contributed by atoms with Gasteiger partial charge in [0, 0.05) is 16.4 Å². The lowest BCUT2D eigenvalue weighted by Crippen LogP contribution is -2.28. The second-order valence-electron chi connectivity index (χ2n) is 7.23. The van der Waals surface area contributed by atoms with Crippen LogP contribution in [0, 0.1) is 5.82 Å². The summed E-state index contributed by atoms with van der Waals surface area (Å²) < 4.78 is 20.8. The highest BCUT2D eigenvalue weighted by atomic mass is 79.9. The van der Waals surface area contributed by atoms with Crippen molar-refractivity contribution >= 4 is 44.3 Å². The summed E-state index contributed by atoms with van der Waals surface area (Å²) >= 11 is 3.14. The van der Waals surface area contributed by atoms with Gasteiger partial charge >= 0.3 is 5.97 Å². The zero-order valence-corrected chi connectivity index (χ0v) is 19.2. The maximum atomic E-state index is 13.9. The molecule has 1 N–H and O–H groups in total. The van der Waals surface area contributed by atoms with E-state index in [1.165, 1.54) is 16.8 Å². The molecule has 0 aliphatic heterocycles. The van der Waals surface area contributed by atoms with E-state index in [2.05, 4.69) is 33.3 Å². The van der Waals surface area contributed by atoms with E-state index in [0.29, 0.717) is 21.8 Å². The molecule has 168 valence electrons. The quantitative estimate of drug-likeness (QED) is 0.338. The van der Waals surface area contributed by atoms with Gasteiger partial charge in [-0.1, -0.05) is 60.3 Å². The average molecular weight is 504 g/mol. The Balaban J connectivity index is 1.75. The summed E-state index contributed by atoms with van der Waals surface area (Å²) in [7, 11) is 0. The van der Waals surface area contributed by atoms with Crippen LogP contribution in [0.2, 0.25) is 0 Å². The first kappa shape index (κ1) is 23.6. The Bertz CT molecular complexity index is 1200. The maximum absolute atomic E-state index is 13.9. The first-order valence-electron chi connectivity index (χ1n) is 10.3. The SMILES string of the molecule is CCCCCCn1nc(C(=O)OCC(=O)Nc2ccc(Br)cc2F)c2ccccc2c1=O. The highest BCUT2D eigenvalue weighted by Gasteiger charge is 2.19. The monoisotopic (exact) mass is 503 g/mol. The van der Waals surface area contributed by atoms with Gasteiger partial charge in [0.25, 0.3) is 11.5 Å². The Morgan fingerprint density at radius 3 is 2.59 bits per heavy atom. The van der Waals surface area contributed by atoms with Crippen molar-refractivity contribution in [3.8, 4) is 0 Å². The summed E-state index contributed by atoms with van der Waals surface area (Å²) in [5, 5.41) is 7.28. The Labute approximate surface area is 192 Å². The van der Waals surface area contributed by atoms with Gasteiger partial charge < -0.3 is 10.1 Å². The van der Waals surface area contributed by atoms with Crippen LogP contribution >= 0.6 is 15.9 Å². The topological polar surface area (TPSA) is 90.3 Å². The van der Waals surface area contributed by atoms with Crippen LogP contribution in [0.15, 0.2) is 51.7 Å². The van der Waals surface area contributed by atoms with Gasteiger partial charge in [-0.25, -0.2) is 13.9 Å². The lowest BCUT2D eigenvalue weighted by atomic mass is 10.1. The van der Waals surface area contributed by atoms with E-state index in [1.807, 2.05) is 0 Å². The fourth-order valence-electron chi connectivity index (χ4n) is 3.20. The minimum atomic E-state index is -0.838. The number of benzene rings is 2. The normalized spacial score (nSPS) is 10.8. The number of anilines is 1. The summed E-state index contributed by atoms with van der Waals surface area (Å²) in [6.07, 6.45) is 3.81. The number of hydrogen-bond donors (Lipinski definition) is 1. The number of ether oxygens (including phenoxy) is 1. The molecule has 1 aromatic heterocycles. The first-order valence-corrected chi connectivity index (χ1v) is 11.1. The highest BCUT2D eigenvalue weighted by Crippen LogP contribution is 2.19. The number of aryl methyl sites for hydroxylation is 1. The van der Waals surface area contributed by atoms with Crippen LogP contribution in [-0.4, -0.2) is 28.3 Å². The fourth-order valence-corrected chi connectivity index (χ4v) is 3.54. The number of esters is 1. The second kappa shape index (κ2) is 11.0. The van der Waals surface area contributed by atoms with Crippen LogP contribution in [0.4, 0.5) is 10.1 Å². The molecule has 0 saturated heterocycles. The van der Waals surface area contributed by atoms with Crippen molar-refractivity contribution in [2.24, 2.45) is 0 Å². The molecule has 1 heterocycles. The predicted octanol–water partition coefficient (Wildman–Crippen LogP) is 4.67. The third-order valence-corrected chi connectivity index (χ3v) is 5.32. The number of aromatic nitrogens is 2. The van der Waals surface area contributed by atoms with Gasteiger partial charge in [0.05, 0.1) is 11.1 Å². The van der Waals surface area contributed by atoms with Crippen LogP contribution in [0.3, 0.4) is 0 Å². The molecule has 0 saturated carbocycles. The molecule has 3 aromatic rings. The molecule has 0 spiro atoms. The summed E-state index contributed by atoms with van der Waals surface area (Å²) in [5.74, 6) is -2.16. The Kier molecular flexibility index (Phi) is 8.10. The summed E-state index contributed by atoms with van der Waals surface area (Å²) in [6.45, 7) is 1.85. The summed E-state index contributed by atoms with van der Waals surface area (Å²) in [4.78, 5) is 37.6. The zero-order chi connectivity index (χ0) is 23.1. The van der Waals surface area contributed by atoms with Gasteiger partial charge in [0.2, 0.25) is 0 Å². The van der Waals surface area contributed by atoms with Gasteiger partial charge in [-0.3, -0.25) is 9.59 Å². The molecule has 0 unspecified atom stereocenters. The van der Waals surface area contributed by atoms with Crippen molar-refractivity contribution in [3.05, 3.63) is 68.8 Å². The summed E-state index contributed by atoms with van der Waals surface area (Å²) in [6, 6.07) is 10.8.